The highest BCUT2D eigenvalue weighted by Gasteiger charge is 2.02. The Balaban J connectivity index is 3.37. The largest absolute Gasteiger partial charge is 0.396 e. The first-order valence-electron chi connectivity index (χ1n) is 3.79. The Morgan fingerprint density at radius 2 is 2.00 bits per heavy atom. The van der Waals surface area contributed by atoms with Crippen molar-refractivity contribution in [2.75, 3.05) is 20.2 Å². The molecule has 0 spiro atoms. The lowest BCUT2D eigenvalue weighted by molar-refractivity contribution is -0.126. The molecule has 0 saturated heterocycles. The Morgan fingerprint density at radius 3 is 2.50 bits per heavy atom. The molecule has 12 heavy (non-hydrogen) atoms. The number of likely N-dealkylation sites (N-methyl/N-ethyl adjacent to an activating group) is 1. The molecule has 0 aromatic carbocycles. The molecule has 0 bridgehead atoms. The molecule has 0 aromatic rings. The van der Waals surface area contributed by atoms with Gasteiger partial charge in [0.05, 0.1) is 6.54 Å². The molecule has 70 valence electrons. The van der Waals surface area contributed by atoms with Gasteiger partial charge in [-0.3, -0.25) is 9.59 Å². The number of carbonyl (C=O) groups excluding carboxylic acids is 2. The third-order valence-corrected chi connectivity index (χ3v) is 1.29. The van der Waals surface area contributed by atoms with E-state index in [1.165, 1.54) is 7.05 Å². The van der Waals surface area contributed by atoms with Gasteiger partial charge in [0.15, 0.2) is 0 Å². The van der Waals surface area contributed by atoms with E-state index >= 15 is 0 Å². The van der Waals surface area contributed by atoms with Crippen molar-refractivity contribution in [3.8, 4) is 0 Å². The van der Waals surface area contributed by atoms with Crippen molar-refractivity contribution in [2.24, 2.45) is 0 Å². The lowest BCUT2D eigenvalue weighted by Crippen LogP contribution is -2.35. The van der Waals surface area contributed by atoms with Gasteiger partial charge in [-0.05, 0) is 6.42 Å². The predicted molar refractivity (Wildman–Crippen MR) is 43.4 cm³/mol. The minimum atomic E-state index is -0.229. The van der Waals surface area contributed by atoms with Crippen LogP contribution in [0.5, 0.6) is 0 Å². The van der Waals surface area contributed by atoms with Gasteiger partial charge in [-0.2, -0.15) is 0 Å². The number of hydrogen-bond donors (Lipinski definition) is 3. The monoisotopic (exact) mass is 174 g/mol. The highest BCUT2D eigenvalue weighted by Crippen LogP contribution is 1.85. The quantitative estimate of drug-likeness (QED) is 0.480. The molecule has 2 amide bonds. The predicted octanol–water partition coefficient (Wildman–Crippen LogP) is -1.38. The van der Waals surface area contributed by atoms with Gasteiger partial charge in [0.2, 0.25) is 11.8 Å². The van der Waals surface area contributed by atoms with Crippen molar-refractivity contribution in [2.45, 2.75) is 12.8 Å². The van der Waals surface area contributed by atoms with E-state index in [0.29, 0.717) is 6.42 Å². The smallest absolute Gasteiger partial charge is 0.239 e. The molecule has 0 aliphatic carbocycles. The van der Waals surface area contributed by atoms with Crippen LogP contribution in [0.25, 0.3) is 0 Å². The molecule has 0 fully saturated rings. The summed E-state index contributed by atoms with van der Waals surface area (Å²) in [6.45, 7) is -0.00580. The van der Waals surface area contributed by atoms with E-state index in [2.05, 4.69) is 10.6 Å². The van der Waals surface area contributed by atoms with Gasteiger partial charge in [0.25, 0.3) is 0 Å². The maximum Gasteiger partial charge on any atom is 0.239 e. The van der Waals surface area contributed by atoms with E-state index in [4.69, 9.17) is 5.11 Å². The zero-order valence-electron chi connectivity index (χ0n) is 7.09. The summed E-state index contributed by atoms with van der Waals surface area (Å²) in [6, 6.07) is 0. The molecule has 5 heteroatoms. The molecule has 3 N–H and O–H groups in total. The van der Waals surface area contributed by atoms with Crippen molar-refractivity contribution in [1.29, 1.82) is 0 Å². The van der Waals surface area contributed by atoms with Crippen LogP contribution in [0, 0.1) is 0 Å². The molecule has 0 aromatic heterocycles. The minimum absolute atomic E-state index is 0.000756. The van der Waals surface area contributed by atoms with Crippen LogP contribution in [-0.2, 0) is 9.59 Å². The fraction of sp³-hybridized carbons (Fsp3) is 0.714. The number of amides is 2. The van der Waals surface area contributed by atoms with E-state index in [0.717, 1.165) is 0 Å². The van der Waals surface area contributed by atoms with E-state index in [1.54, 1.807) is 0 Å². The zero-order chi connectivity index (χ0) is 9.40. The van der Waals surface area contributed by atoms with Gasteiger partial charge in [0.1, 0.15) is 0 Å². The molecule has 0 heterocycles. The number of aliphatic hydroxyl groups excluding tert-OH is 1. The second-order valence-corrected chi connectivity index (χ2v) is 2.28. The second-order valence-electron chi connectivity index (χ2n) is 2.28. The number of nitrogens with one attached hydrogen (secondary N) is 2. The van der Waals surface area contributed by atoms with Crippen molar-refractivity contribution >= 4 is 11.8 Å². The summed E-state index contributed by atoms with van der Waals surface area (Å²) in [6.07, 6.45) is 0.688. The van der Waals surface area contributed by atoms with Crippen LogP contribution in [0.2, 0.25) is 0 Å². The molecular formula is C7H14N2O3. The van der Waals surface area contributed by atoms with Crippen LogP contribution in [0.15, 0.2) is 0 Å². The third-order valence-electron chi connectivity index (χ3n) is 1.29. The Kier molecular flexibility index (Phi) is 6.00. The van der Waals surface area contributed by atoms with E-state index < -0.39 is 0 Å². The standard InChI is InChI=1S/C7H14N2O3/c1-8-7(12)5-9-6(11)3-2-4-10/h10H,2-5H2,1H3,(H,8,12)(H,9,11). The van der Waals surface area contributed by atoms with Crippen LogP contribution in [-0.4, -0.2) is 37.1 Å². The lowest BCUT2D eigenvalue weighted by Gasteiger charge is -2.02. The fourth-order valence-electron chi connectivity index (χ4n) is 0.595. The number of carbonyl (C=O) groups is 2. The highest BCUT2D eigenvalue weighted by atomic mass is 16.3. The number of rotatable bonds is 5. The Morgan fingerprint density at radius 1 is 1.33 bits per heavy atom. The van der Waals surface area contributed by atoms with Crippen molar-refractivity contribution in [3.63, 3.8) is 0 Å². The SMILES string of the molecule is CNC(=O)CNC(=O)CCCO. The number of aliphatic hydroxyl groups is 1. The first-order valence-corrected chi connectivity index (χ1v) is 3.79. The molecule has 0 radical (unpaired) electrons. The summed E-state index contributed by atoms with van der Waals surface area (Å²) < 4.78 is 0. The molecular weight excluding hydrogens is 160 g/mol. The first kappa shape index (κ1) is 10.9. The Bertz CT molecular complexity index is 159. The molecule has 0 unspecified atom stereocenters. The maximum atomic E-state index is 10.8. The van der Waals surface area contributed by atoms with Gasteiger partial charge in [-0.1, -0.05) is 0 Å². The summed E-state index contributed by atoms with van der Waals surface area (Å²) >= 11 is 0. The lowest BCUT2D eigenvalue weighted by atomic mass is 10.3. The highest BCUT2D eigenvalue weighted by molar-refractivity contribution is 5.84. The van der Waals surface area contributed by atoms with Crippen LogP contribution in [0.1, 0.15) is 12.8 Å². The molecule has 0 atom stereocenters. The normalized spacial score (nSPS) is 9.17. The Labute approximate surface area is 71.1 Å². The fourth-order valence-corrected chi connectivity index (χ4v) is 0.595. The summed E-state index contributed by atoms with van der Waals surface area (Å²) in [5.41, 5.74) is 0. The molecule has 0 rings (SSSR count). The number of hydrogen-bond acceptors (Lipinski definition) is 3. The summed E-state index contributed by atoms with van der Waals surface area (Å²) in [4.78, 5) is 21.4. The Hall–Kier alpha value is -1.10. The van der Waals surface area contributed by atoms with Gasteiger partial charge in [-0.25, -0.2) is 0 Å². The summed E-state index contributed by atoms with van der Waals surface area (Å²) in [7, 11) is 1.50. The zero-order valence-corrected chi connectivity index (χ0v) is 7.09. The van der Waals surface area contributed by atoms with Crippen molar-refractivity contribution < 1.29 is 14.7 Å². The van der Waals surface area contributed by atoms with Gasteiger partial charge in [-0.15, -0.1) is 0 Å². The topological polar surface area (TPSA) is 78.4 Å². The third kappa shape index (κ3) is 5.67. The average molecular weight is 174 g/mol. The summed E-state index contributed by atoms with van der Waals surface area (Å²) in [5, 5.41) is 13.2. The molecule has 5 nitrogen and oxygen atoms in total. The second kappa shape index (κ2) is 6.60. The average Bonchev–Trinajstić information content (AvgIpc) is 2.10. The van der Waals surface area contributed by atoms with Crippen LogP contribution in [0.4, 0.5) is 0 Å². The van der Waals surface area contributed by atoms with Crippen LogP contribution >= 0.6 is 0 Å². The maximum absolute atomic E-state index is 10.8. The van der Waals surface area contributed by atoms with Crippen molar-refractivity contribution in [1.82, 2.24) is 10.6 Å². The first-order chi connectivity index (χ1) is 5.70. The molecule has 0 saturated carbocycles. The van der Waals surface area contributed by atoms with Gasteiger partial charge in [0, 0.05) is 20.1 Å². The van der Waals surface area contributed by atoms with Gasteiger partial charge >= 0.3 is 0 Å². The van der Waals surface area contributed by atoms with E-state index in [1.807, 2.05) is 0 Å². The van der Waals surface area contributed by atoms with Gasteiger partial charge < -0.3 is 15.7 Å². The molecule has 0 aliphatic rings. The molecule has 0 aliphatic heterocycles. The summed E-state index contributed by atoms with van der Waals surface area (Å²) in [5.74, 6) is -0.444. The minimum Gasteiger partial charge on any atom is -0.396 e. The van der Waals surface area contributed by atoms with E-state index in [-0.39, 0.29) is 31.4 Å². The van der Waals surface area contributed by atoms with Crippen molar-refractivity contribution in [3.05, 3.63) is 0 Å². The van der Waals surface area contributed by atoms with Crippen LogP contribution in [0.3, 0.4) is 0 Å². The van der Waals surface area contributed by atoms with E-state index in [9.17, 15) is 9.59 Å². The van der Waals surface area contributed by atoms with Crippen LogP contribution < -0.4 is 10.6 Å².